The first-order valence-electron chi connectivity index (χ1n) is 5.62. The molecule has 0 N–H and O–H groups in total. The Morgan fingerprint density at radius 2 is 1.89 bits per heavy atom. The molecule has 0 aliphatic rings. The zero-order chi connectivity index (χ0) is 13.3. The van der Waals surface area contributed by atoms with Gasteiger partial charge in [0.1, 0.15) is 0 Å². The molecule has 0 bridgehead atoms. The second-order valence-corrected chi connectivity index (χ2v) is 7.52. The lowest BCUT2D eigenvalue weighted by molar-refractivity contribution is 0.969. The minimum absolute atomic E-state index is 0.326. The summed E-state index contributed by atoms with van der Waals surface area (Å²) in [5.41, 5.74) is 2.54. The first-order valence-corrected chi connectivity index (χ1v) is 8.11. The van der Waals surface area contributed by atoms with Crippen LogP contribution in [0.25, 0.3) is 0 Å². The molecular weight excluding hydrogens is 351 g/mol. The third-order valence-corrected chi connectivity index (χ3v) is 6.02. The number of rotatable bonds is 3. The normalized spacial score (nSPS) is 12.7. The second-order valence-electron chi connectivity index (χ2n) is 4.31. The molecule has 2 aromatic rings. The van der Waals surface area contributed by atoms with Crippen LogP contribution in [-0.4, -0.2) is 0 Å². The molecule has 1 aromatic carbocycles. The van der Waals surface area contributed by atoms with Gasteiger partial charge in [-0.2, -0.15) is 0 Å². The highest BCUT2D eigenvalue weighted by atomic mass is 79.9. The summed E-state index contributed by atoms with van der Waals surface area (Å²) in [4.78, 5) is 3.06. The smallest absolute Gasteiger partial charge is 0.0595 e. The van der Waals surface area contributed by atoms with Crippen LogP contribution < -0.4 is 0 Å². The molecule has 1 atom stereocenters. The molecule has 1 heterocycles. The van der Waals surface area contributed by atoms with Gasteiger partial charge in [-0.1, -0.05) is 45.2 Å². The van der Waals surface area contributed by atoms with Crippen molar-refractivity contribution >= 4 is 50.5 Å². The van der Waals surface area contributed by atoms with Gasteiger partial charge in [-0.15, -0.1) is 11.3 Å². The largest absolute Gasteiger partial charge is 0.144 e. The van der Waals surface area contributed by atoms with Gasteiger partial charge >= 0.3 is 0 Å². The molecule has 96 valence electrons. The number of benzene rings is 1. The van der Waals surface area contributed by atoms with Crippen molar-refractivity contribution in [1.29, 1.82) is 0 Å². The van der Waals surface area contributed by atoms with Crippen molar-refractivity contribution in [3.8, 4) is 0 Å². The van der Waals surface area contributed by atoms with E-state index in [1.807, 2.05) is 29.5 Å². The van der Waals surface area contributed by atoms with Crippen molar-refractivity contribution in [2.75, 3.05) is 0 Å². The van der Waals surface area contributed by atoms with Crippen LogP contribution in [0.3, 0.4) is 0 Å². The number of alkyl halides is 1. The highest BCUT2D eigenvalue weighted by molar-refractivity contribution is 9.09. The fourth-order valence-electron chi connectivity index (χ4n) is 1.73. The van der Waals surface area contributed by atoms with Crippen LogP contribution in [0.15, 0.2) is 24.3 Å². The van der Waals surface area contributed by atoms with Gasteiger partial charge in [-0.05, 0) is 49.6 Å². The lowest BCUT2D eigenvalue weighted by Gasteiger charge is -2.08. The molecule has 0 amide bonds. The molecular formula is C14H13BrCl2S. The van der Waals surface area contributed by atoms with E-state index in [0.29, 0.717) is 14.9 Å². The molecule has 0 nitrogen and oxygen atoms in total. The van der Waals surface area contributed by atoms with Crippen LogP contribution in [0, 0.1) is 13.8 Å². The molecule has 0 saturated heterocycles. The van der Waals surface area contributed by atoms with Gasteiger partial charge in [-0.3, -0.25) is 0 Å². The minimum atomic E-state index is 0.326. The average Bonchev–Trinajstić information content (AvgIpc) is 2.65. The lowest BCUT2D eigenvalue weighted by atomic mass is 10.1. The fourth-order valence-corrected chi connectivity index (χ4v) is 3.86. The van der Waals surface area contributed by atoms with E-state index in [-0.39, 0.29) is 0 Å². The molecule has 18 heavy (non-hydrogen) atoms. The summed E-state index contributed by atoms with van der Waals surface area (Å²) in [6.07, 6.45) is 0.913. The van der Waals surface area contributed by atoms with Crippen molar-refractivity contribution < 1.29 is 0 Å². The molecule has 0 radical (unpaired) electrons. The van der Waals surface area contributed by atoms with Crippen LogP contribution in [0.2, 0.25) is 10.0 Å². The third-order valence-electron chi connectivity index (χ3n) is 2.89. The van der Waals surface area contributed by atoms with Crippen LogP contribution in [0.1, 0.15) is 25.7 Å². The number of hydrogen-bond acceptors (Lipinski definition) is 1. The molecule has 0 spiro atoms. The van der Waals surface area contributed by atoms with Gasteiger partial charge < -0.3 is 0 Å². The van der Waals surface area contributed by atoms with Crippen molar-refractivity contribution in [3.63, 3.8) is 0 Å². The Kier molecular flexibility index (Phi) is 4.76. The summed E-state index contributed by atoms with van der Waals surface area (Å²) in [5.74, 6) is 0. The summed E-state index contributed by atoms with van der Waals surface area (Å²) in [6, 6.07) is 8.06. The maximum absolute atomic E-state index is 6.03. The van der Waals surface area contributed by atoms with Crippen LogP contribution in [0.4, 0.5) is 0 Å². The quantitative estimate of drug-likeness (QED) is 0.557. The van der Waals surface area contributed by atoms with E-state index in [4.69, 9.17) is 23.2 Å². The van der Waals surface area contributed by atoms with Gasteiger partial charge in [0.25, 0.3) is 0 Å². The number of halogens is 3. The summed E-state index contributed by atoms with van der Waals surface area (Å²) >= 11 is 17.5. The van der Waals surface area contributed by atoms with E-state index < -0.39 is 0 Å². The Morgan fingerprint density at radius 3 is 2.44 bits per heavy atom. The molecule has 0 saturated carbocycles. The second kappa shape index (κ2) is 5.96. The van der Waals surface area contributed by atoms with Gasteiger partial charge in [0, 0.05) is 9.75 Å². The van der Waals surface area contributed by atoms with Crippen LogP contribution in [-0.2, 0) is 6.42 Å². The average molecular weight is 364 g/mol. The summed E-state index contributed by atoms with van der Waals surface area (Å²) in [7, 11) is 0. The van der Waals surface area contributed by atoms with E-state index in [0.717, 1.165) is 6.42 Å². The van der Waals surface area contributed by atoms with Crippen LogP contribution in [0.5, 0.6) is 0 Å². The van der Waals surface area contributed by atoms with Crippen molar-refractivity contribution in [2.45, 2.75) is 25.1 Å². The molecule has 4 heteroatoms. The zero-order valence-electron chi connectivity index (χ0n) is 10.1. The predicted octanol–water partition coefficient (Wildman–Crippen LogP) is 6.35. The maximum Gasteiger partial charge on any atom is 0.0595 e. The predicted molar refractivity (Wildman–Crippen MR) is 85.6 cm³/mol. The van der Waals surface area contributed by atoms with Gasteiger partial charge in [0.15, 0.2) is 0 Å². The monoisotopic (exact) mass is 362 g/mol. The van der Waals surface area contributed by atoms with Gasteiger partial charge in [0.05, 0.1) is 14.9 Å². The SMILES string of the molecule is Cc1cc(C(Br)Cc2ccc(Cl)c(Cl)c2)sc1C. The highest BCUT2D eigenvalue weighted by Gasteiger charge is 2.13. The molecule has 2 rings (SSSR count). The molecule has 0 aliphatic heterocycles. The van der Waals surface area contributed by atoms with E-state index in [9.17, 15) is 0 Å². The summed E-state index contributed by atoms with van der Waals surface area (Å²) in [6.45, 7) is 4.30. The first-order chi connectivity index (χ1) is 8.47. The molecule has 1 aromatic heterocycles. The van der Waals surface area contributed by atoms with E-state index >= 15 is 0 Å². The van der Waals surface area contributed by atoms with Crippen LogP contribution >= 0.6 is 50.5 Å². The van der Waals surface area contributed by atoms with E-state index in [1.54, 1.807) is 0 Å². The number of thiophene rings is 1. The fraction of sp³-hybridized carbons (Fsp3) is 0.286. The zero-order valence-corrected chi connectivity index (χ0v) is 14.1. The van der Waals surface area contributed by atoms with Gasteiger partial charge in [0.2, 0.25) is 0 Å². The Hall–Kier alpha value is -0.0200. The number of aryl methyl sites for hydroxylation is 2. The molecule has 1 unspecified atom stereocenters. The Morgan fingerprint density at radius 1 is 1.17 bits per heavy atom. The standard InChI is InChI=1S/C14H13BrCl2S/c1-8-5-14(18-9(8)2)11(15)6-10-3-4-12(16)13(17)7-10/h3-5,7,11H,6H2,1-2H3. The molecule has 0 aliphatic carbocycles. The summed E-state index contributed by atoms with van der Waals surface area (Å²) in [5, 5.41) is 1.22. The Bertz CT molecular complexity index is 543. The van der Waals surface area contributed by atoms with Crippen molar-refractivity contribution in [3.05, 3.63) is 55.2 Å². The van der Waals surface area contributed by atoms with E-state index in [2.05, 4.69) is 35.8 Å². The van der Waals surface area contributed by atoms with E-state index in [1.165, 1.54) is 20.9 Å². The lowest BCUT2D eigenvalue weighted by Crippen LogP contribution is -1.93. The minimum Gasteiger partial charge on any atom is -0.144 e. The topological polar surface area (TPSA) is 0 Å². The highest BCUT2D eigenvalue weighted by Crippen LogP contribution is 2.35. The Balaban J connectivity index is 2.15. The number of hydrogen-bond donors (Lipinski definition) is 0. The van der Waals surface area contributed by atoms with Crippen molar-refractivity contribution in [2.24, 2.45) is 0 Å². The third kappa shape index (κ3) is 3.30. The van der Waals surface area contributed by atoms with Gasteiger partial charge in [-0.25, -0.2) is 0 Å². The maximum atomic E-state index is 6.03. The van der Waals surface area contributed by atoms with Crippen molar-refractivity contribution in [1.82, 2.24) is 0 Å². The molecule has 0 fully saturated rings. The summed E-state index contributed by atoms with van der Waals surface area (Å²) < 4.78 is 0. The Labute approximate surface area is 130 Å². The first kappa shape index (κ1) is 14.4.